The Morgan fingerprint density at radius 1 is 0.328 bits per heavy atom. The lowest BCUT2D eigenvalue weighted by Gasteiger charge is -2.37. The minimum Gasteiger partial charge on any atom is -0.493 e. The van der Waals surface area contributed by atoms with Crippen LogP contribution in [0.1, 0.15) is 183 Å². The van der Waals surface area contributed by atoms with Gasteiger partial charge in [-0.25, -0.2) is 0 Å². The van der Waals surface area contributed by atoms with E-state index in [1.54, 1.807) is 4.90 Å². The van der Waals surface area contributed by atoms with Gasteiger partial charge in [-0.05, 0) is 214 Å². The summed E-state index contributed by atoms with van der Waals surface area (Å²) in [7, 11) is 0. The SMILES string of the molecule is [2H]c1c([2H])c(C([2H])([2H])CN2CC[C@@H](C(C(N)=O)(c3ccccc3)c3ccccc3)C2)c([2H])c2c1OCC2.[2H]c1c([2H])c([2H])c(C(C(N)=O)(c2c([2H])c([2H])c([2H])c([2H])c2[2H])[C@@H]2CCN(C([2H])([2H])Cc3c([2H])c([2H])c4c(c3[2H])C([2H])([2H])C([2H])([2H])O4)C2)c([2H])c1[2H].[2H]c1c([2H])c([2H])c(C(C(N)=O)(c2c([2H])c([2H])c([2H])c([2H])c2[2H])[C@@H]2CCN(CCc3c([2H])c([2H])c4c(c3[2H])C([2H])([2H])C([2H])([2H])O4)C2)c([2H])c1[2H].[2H]c1c([2H])c2c(c([2H])c1CC([2H])([2H])N1CC[C@@H](C(C(N)=O)(c3ccccc3)c3ccccc3)C1)C([2H])([2H])C([2H])([2H])O2. The van der Waals surface area contributed by atoms with Crippen molar-refractivity contribution in [3.8, 4) is 23.0 Å². The predicted molar refractivity (Wildman–Crippen MR) is 507 cm³/mol. The van der Waals surface area contributed by atoms with Crippen molar-refractivity contribution in [2.45, 2.75) is 98.5 Å². The molecule has 12 aromatic rings. The van der Waals surface area contributed by atoms with Gasteiger partial charge in [0.2, 0.25) is 23.6 Å². The molecule has 0 unspecified atom stereocenters. The summed E-state index contributed by atoms with van der Waals surface area (Å²) in [6, 6.07) is 14.0. The first-order valence-electron chi connectivity index (χ1n) is 66.6. The van der Waals surface area contributed by atoms with Crippen LogP contribution in [0.5, 0.6) is 23.0 Å². The van der Waals surface area contributed by atoms with Crippen LogP contribution in [0.15, 0.2) is 315 Å². The minimum atomic E-state index is -3.00. The molecular formula is C112H120N8O8. The number of carbonyl (C=O) groups excluding carboxylic acids is 4. The normalized spacial score (nSPS) is 26.6. The van der Waals surface area contributed by atoms with Crippen molar-refractivity contribution in [1.29, 1.82) is 0 Å². The Labute approximate surface area is 824 Å². The van der Waals surface area contributed by atoms with Gasteiger partial charge < -0.3 is 61.5 Å². The highest BCUT2D eigenvalue weighted by Gasteiger charge is 2.54. The van der Waals surface area contributed by atoms with E-state index in [1.165, 1.54) is 4.90 Å². The number of likely N-dealkylation sites (tertiary alicyclic amines) is 4. The van der Waals surface area contributed by atoms with E-state index < -0.39 is 378 Å². The van der Waals surface area contributed by atoms with Crippen LogP contribution in [0.4, 0.5) is 0 Å². The summed E-state index contributed by atoms with van der Waals surface area (Å²) in [5.41, 5.74) is 15.0. The van der Waals surface area contributed by atoms with E-state index in [9.17, 15) is 19.2 Å². The summed E-state index contributed by atoms with van der Waals surface area (Å²) in [5.74, 6) is -8.34. The summed E-state index contributed by atoms with van der Waals surface area (Å²) in [6.07, 6.45) is -10.8. The van der Waals surface area contributed by atoms with E-state index in [0.29, 0.717) is 55.6 Å². The van der Waals surface area contributed by atoms with Crippen LogP contribution in [0.2, 0.25) is 0 Å². The van der Waals surface area contributed by atoms with Gasteiger partial charge in [-0.1, -0.05) is 291 Å². The molecule has 20 rings (SSSR count). The second kappa shape index (κ2) is 40.3. The average Bonchev–Trinajstić information content (AvgIpc) is 0.799. The summed E-state index contributed by atoms with van der Waals surface area (Å²) in [4.78, 5) is 60.7. The molecule has 656 valence electrons. The molecule has 8 aliphatic rings. The minimum absolute atomic E-state index is 0.0130. The van der Waals surface area contributed by atoms with Crippen LogP contribution in [0, 0.1) is 23.7 Å². The maximum Gasteiger partial charge on any atom is 0.232 e. The Kier molecular flexibility index (Phi) is 14.5. The number of fused-ring (bicyclic) bond motifs is 4. The van der Waals surface area contributed by atoms with E-state index in [0.717, 1.165) is 16.0 Å². The lowest BCUT2D eigenvalue weighted by Crippen LogP contribution is -2.49. The number of nitrogens with zero attached hydrogens (tertiary/aromatic N) is 4. The number of ether oxygens (including phenoxy) is 4. The quantitative estimate of drug-likeness (QED) is 0.0360. The molecule has 8 N–H and O–H groups in total. The molecule has 16 nitrogen and oxygen atoms in total. The number of hydrogen-bond donors (Lipinski definition) is 4. The van der Waals surface area contributed by atoms with Gasteiger partial charge in [0.05, 0.1) is 78.4 Å². The molecule has 0 bridgehead atoms. The van der Waals surface area contributed by atoms with Gasteiger partial charge in [-0.15, -0.1) is 0 Å². The summed E-state index contributed by atoms with van der Waals surface area (Å²) < 4.78 is 441. The second-order valence-electron chi connectivity index (χ2n) is 31.4. The molecule has 8 heterocycles. The fraction of sp³-hybridized carbons (Fsp3) is 0.321. The number of benzene rings is 12. The Morgan fingerprint density at radius 3 is 0.945 bits per heavy atom. The monoisotopic (exact) mass is 1760 g/mol. The number of amides is 4. The largest absolute Gasteiger partial charge is 0.493 e. The second-order valence-corrected chi connectivity index (χ2v) is 31.4. The van der Waals surface area contributed by atoms with E-state index >= 15 is 0 Å². The molecule has 4 fully saturated rings. The molecule has 0 radical (unpaired) electrons. The number of primary amides is 4. The highest BCUT2D eigenvalue weighted by atomic mass is 16.5. The van der Waals surface area contributed by atoms with E-state index in [1.807, 2.05) is 126 Å². The zero-order valence-electron chi connectivity index (χ0n) is 119. The van der Waals surface area contributed by atoms with Crippen LogP contribution < -0.4 is 41.9 Å². The van der Waals surface area contributed by atoms with E-state index in [-0.39, 0.29) is 112 Å². The molecule has 4 amide bonds. The summed E-state index contributed by atoms with van der Waals surface area (Å²) in [6.45, 7) is -12.7. The van der Waals surface area contributed by atoms with Crippen LogP contribution in [-0.2, 0) is 92.0 Å². The first-order chi connectivity index (χ1) is 82.7. The highest BCUT2D eigenvalue weighted by Crippen LogP contribution is 2.49. The van der Waals surface area contributed by atoms with Crippen molar-refractivity contribution in [3.05, 3.63) is 404 Å². The van der Waals surface area contributed by atoms with E-state index in [4.69, 9.17) is 110 Å². The zero-order valence-corrected chi connectivity index (χ0v) is 69.2. The van der Waals surface area contributed by atoms with Gasteiger partial charge in [0.15, 0.2) is 0 Å². The van der Waals surface area contributed by atoms with Crippen molar-refractivity contribution in [1.82, 2.24) is 19.6 Å². The summed E-state index contributed by atoms with van der Waals surface area (Å²) in [5, 5.41) is 0. The standard InChI is InChI=1S/4C28H30N2O2/c4*29-27(31)28(23-7-3-1-4-8-23,24-9-5-2-6-10-24)25-14-17-30(20-25)16-13-21-11-12-26-22(19-21)15-18-32-26/h4*1-12,19,25H,13-18,20H2,(H2,29,31)/t4*25-/m1111/s1/i1D,2D,3D,4D,5D,6D,7D,8D,9D,10D,11D,12D,15D2,16D2,18D2,19D;1D,2D,3D,4D,5D,6D,7D,8D,9D,10D,11D,12D,15D2,18D2,19D;11D,12D,15D2,16D2,18D2,19D;11D,12D,13D2,19D. The van der Waals surface area contributed by atoms with Crippen molar-refractivity contribution in [3.63, 3.8) is 0 Å². The first kappa shape index (κ1) is 46.0. The topological polar surface area (TPSA) is 222 Å². The molecule has 8 aliphatic heterocycles. The molecule has 16 heteroatoms. The van der Waals surface area contributed by atoms with Gasteiger partial charge in [0, 0.05) is 94.3 Å². The molecule has 4 atom stereocenters. The summed E-state index contributed by atoms with van der Waals surface area (Å²) >= 11 is 0. The zero-order chi connectivity index (χ0) is 132. The van der Waals surface area contributed by atoms with Gasteiger partial charge >= 0.3 is 0 Å². The fourth-order valence-electron chi connectivity index (χ4n) is 18.4. The third-order valence-corrected chi connectivity index (χ3v) is 24.5. The van der Waals surface area contributed by atoms with Gasteiger partial charge in [-0.2, -0.15) is 0 Å². The molecule has 12 aromatic carbocycles. The van der Waals surface area contributed by atoms with Crippen molar-refractivity contribution in [2.24, 2.45) is 46.6 Å². The average molecular weight is 1760 g/mol. The molecule has 0 aromatic heterocycles. The molecule has 0 saturated carbocycles. The Hall–Kier alpha value is -12.4. The van der Waals surface area contributed by atoms with Crippen molar-refractivity contribution < 1.29 is 107 Å². The predicted octanol–water partition coefficient (Wildman–Crippen LogP) is 15.8. The first-order valence-corrected chi connectivity index (χ1v) is 41.6. The molecule has 0 aliphatic carbocycles. The third-order valence-electron chi connectivity index (χ3n) is 24.5. The van der Waals surface area contributed by atoms with E-state index in [2.05, 4.69) is 0 Å². The van der Waals surface area contributed by atoms with Crippen LogP contribution in [-0.4, -0.2) is 148 Å². The molecule has 128 heavy (non-hydrogen) atoms. The molecular weight excluding hydrogens is 1590 g/mol. The van der Waals surface area contributed by atoms with Crippen molar-refractivity contribution in [2.75, 3.05) is 105 Å². The highest BCUT2D eigenvalue weighted by molar-refractivity contribution is 5.94. The fourth-order valence-corrected chi connectivity index (χ4v) is 18.4. The van der Waals surface area contributed by atoms with Gasteiger partial charge in [0.1, 0.15) is 44.7 Å². The lowest BCUT2D eigenvalue weighted by molar-refractivity contribution is -0.124. The third kappa shape index (κ3) is 18.4. The number of rotatable bonds is 28. The Morgan fingerprint density at radius 2 is 0.609 bits per heavy atom. The smallest absolute Gasteiger partial charge is 0.232 e. The maximum atomic E-state index is 13.9. The van der Waals surface area contributed by atoms with Crippen LogP contribution >= 0.6 is 0 Å². The Bertz CT molecular complexity index is 8380. The van der Waals surface area contributed by atoms with Crippen LogP contribution in [0.25, 0.3) is 0 Å². The number of nitrogens with two attached hydrogens (primary N) is 4. The van der Waals surface area contributed by atoms with Crippen molar-refractivity contribution >= 4 is 23.6 Å². The maximum absolute atomic E-state index is 13.9. The van der Waals surface area contributed by atoms with Gasteiger partial charge in [0.25, 0.3) is 0 Å². The lowest BCUT2D eigenvalue weighted by atomic mass is 9.64. The van der Waals surface area contributed by atoms with Gasteiger partial charge in [-0.3, -0.25) is 19.2 Å². The number of carbonyl (C=O) groups is 4. The Balaban J connectivity index is 0.000000158. The molecule has 0 spiro atoms. The molecule has 4 saturated heterocycles. The number of hydrogen-bond acceptors (Lipinski definition) is 12. The van der Waals surface area contributed by atoms with Crippen LogP contribution in [0.3, 0.4) is 0 Å².